The van der Waals surface area contributed by atoms with Gasteiger partial charge in [-0.3, -0.25) is 0 Å². The molecule has 1 saturated carbocycles. The van der Waals surface area contributed by atoms with Gasteiger partial charge in [0.1, 0.15) is 0 Å². The maximum Gasteiger partial charge on any atom is 0.0779 e. The van der Waals surface area contributed by atoms with Gasteiger partial charge in [0.2, 0.25) is 0 Å². The second kappa shape index (κ2) is 4.30. The Labute approximate surface area is 101 Å². The molecule has 0 spiro atoms. The minimum atomic E-state index is -0.519. The van der Waals surface area contributed by atoms with E-state index in [-0.39, 0.29) is 11.0 Å². The van der Waals surface area contributed by atoms with Crippen molar-refractivity contribution in [1.82, 2.24) is 5.32 Å². The number of aliphatic hydroxyl groups is 1. The zero-order chi connectivity index (χ0) is 12.6. The van der Waals surface area contributed by atoms with E-state index in [0.29, 0.717) is 12.5 Å². The highest BCUT2D eigenvalue weighted by atomic mass is 16.3. The fourth-order valence-electron chi connectivity index (χ4n) is 3.26. The van der Waals surface area contributed by atoms with Gasteiger partial charge in [-0.1, -0.05) is 20.8 Å². The van der Waals surface area contributed by atoms with E-state index in [0.717, 1.165) is 12.8 Å². The van der Waals surface area contributed by atoms with E-state index in [9.17, 15) is 5.11 Å². The van der Waals surface area contributed by atoms with Crippen molar-refractivity contribution in [2.75, 3.05) is 6.54 Å². The molecule has 2 nitrogen and oxygen atoms in total. The van der Waals surface area contributed by atoms with Crippen molar-refractivity contribution >= 4 is 0 Å². The summed E-state index contributed by atoms with van der Waals surface area (Å²) < 4.78 is 0. The summed E-state index contributed by atoms with van der Waals surface area (Å²) in [7, 11) is 0. The van der Waals surface area contributed by atoms with Crippen molar-refractivity contribution in [2.24, 2.45) is 11.3 Å². The van der Waals surface area contributed by atoms with Crippen LogP contribution in [0.1, 0.15) is 60.8 Å². The van der Waals surface area contributed by atoms with Crippen LogP contribution in [0.3, 0.4) is 0 Å². The number of hydrogen-bond acceptors (Lipinski definition) is 2. The van der Waals surface area contributed by atoms with Gasteiger partial charge in [0.25, 0.3) is 0 Å². The molecule has 0 amide bonds. The van der Waals surface area contributed by atoms with E-state index in [4.69, 9.17) is 0 Å². The minimum absolute atomic E-state index is 0.0839. The van der Waals surface area contributed by atoms with Crippen molar-refractivity contribution in [3.63, 3.8) is 0 Å². The molecule has 1 fully saturated rings. The molecule has 2 atom stereocenters. The van der Waals surface area contributed by atoms with E-state index >= 15 is 0 Å². The zero-order valence-corrected chi connectivity index (χ0v) is 11.9. The lowest BCUT2D eigenvalue weighted by molar-refractivity contribution is -0.0593. The second-order valence-electron chi connectivity index (χ2n) is 7.68. The Kier molecular flexibility index (Phi) is 3.76. The van der Waals surface area contributed by atoms with Gasteiger partial charge in [0, 0.05) is 12.1 Å². The maximum absolute atomic E-state index is 10.7. The Bertz CT molecular complexity index is 242. The van der Waals surface area contributed by atoms with Crippen LogP contribution < -0.4 is 5.32 Å². The first-order valence-corrected chi connectivity index (χ1v) is 6.49. The zero-order valence-electron chi connectivity index (χ0n) is 11.9. The summed E-state index contributed by atoms with van der Waals surface area (Å²) >= 11 is 0. The molecule has 0 saturated heterocycles. The molecule has 16 heavy (non-hydrogen) atoms. The molecule has 2 heteroatoms. The fraction of sp³-hybridized carbons (Fsp3) is 1.00. The third-order valence-corrected chi connectivity index (χ3v) is 3.38. The molecule has 2 unspecified atom stereocenters. The minimum Gasteiger partial charge on any atom is -0.389 e. The third-order valence-electron chi connectivity index (χ3n) is 3.38. The average molecular weight is 227 g/mol. The van der Waals surface area contributed by atoms with Crippen LogP contribution in [0.15, 0.2) is 0 Å². The highest BCUT2D eigenvalue weighted by molar-refractivity contribution is 4.95. The number of rotatable bonds is 2. The molecule has 0 radical (unpaired) electrons. The Morgan fingerprint density at radius 2 is 1.81 bits per heavy atom. The molecule has 0 aromatic heterocycles. The Morgan fingerprint density at radius 1 is 1.25 bits per heavy atom. The molecule has 0 aromatic rings. The van der Waals surface area contributed by atoms with Gasteiger partial charge in [-0.05, 0) is 51.4 Å². The van der Waals surface area contributed by atoms with Crippen LogP contribution in [0.2, 0.25) is 0 Å². The topological polar surface area (TPSA) is 32.3 Å². The molecule has 0 aliphatic heterocycles. The van der Waals surface area contributed by atoms with E-state index < -0.39 is 5.60 Å². The van der Waals surface area contributed by atoms with Crippen molar-refractivity contribution < 1.29 is 5.11 Å². The Hall–Kier alpha value is -0.0800. The average Bonchev–Trinajstić information content (AvgIpc) is 1.94. The van der Waals surface area contributed by atoms with E-state index in [2.05, 4.69) is 46.9 Å². The van der Waals surface area contributed by atoms with E-state index in [1.165, 1.54) is 6.42 Å². The van der Waals surface area contributed by atoms with Gasteiger partial charge >= 0.3 is 0 Å². The van der Waals surface area contributed by atoms with Crippen LogP contribution in [0.4, 0.5) is 0 Å². The smallest absolute Gasteiger partial charge is 0.0779 e. The lowest BCUT2D eigenvalue weighted by Gasteiger charge is -2.45. The number of hydrogen-bond donors (Lipinski definition) is 2. The van der Waals surface area contributed by atoms with Crippen molar-refractivity contribution in [3.05, 3.63) is 0 Å². The molecule has 0 aromatic carbocycles. The van der Waals surface area contributed by atoms with Gasteiger partial charge in [0.05, 0.1) is 5.60 Å². The van der Waals surface area contributed by atoms with Crippen LogP contribution in [-0.2, 0) is 0 Å². The summed E-state index contributed by atoms with van der Waals surface area (Å²) in [6.07, 6.45) is 3.07. The molecule has 0 heterocycles. The normalized spacial score (nSPS) is 35.1. The third kappa shape index (κ3) is 4.42. The molecule has 1 rings (SSSR count). The first-order chi connectivity index (χ1) is 7.02. The molecule has 1 aliphatic carbocycles. The summed E-state index contributed by atoms with van der Waals surface area (Å²) in [4.78, 5) is 0. The molecular weight excluding hydrogens is 198 g/mol. The molecule has 1 aliphatic rings. The summed E-state index contributed by atoms with van der Waals surface area (Å²) in [6.45, 7) is 13.9. The predicted molar refractivity (Wildman–Crippen MR) is 69.5 cm³/mol. The van der Waals surface area contributed by atoms with Gasteiger partial charge in [0.15, 0.2) is 0 Å². The van der Waals surface area contributed by atoms with Crippen LogP contribution in [-0.4, -0.2) is 22.8 Å². The number of β-amino-alcohol motifs (C(OH)–C–C–N with tert-alkyl or cyclic N) is 1. The first kappa shape index (κ1) is 14.0. The van der Waals surface area contributed by atoms with Gasteiger partial charge in [-0.15, -0.1) is 0 Å². The molecule has 96 valence electrons. The first-order valence-electron chi connectivity index (χ1n) is 6.49. The van der Waals surface area contributed by atoms with Gasteiger partial charge in [-0.25, -0.2) is 0 Å². The van der Waals surface area contributed by atoms with Gasteiger partial charge < -0.3 is 10.4 Å². The summed E-state index contributed by atoms with van der Waals surface area (Å²) in [5.74, 6) is 0.621. The summed E-state index contributed by atoms with van der Waals surface area (Å²) in [5, 5.41) is 14.1. The SMILES string of the molecule is CC1CC(C)(C)CC(O)(CNC(C)(C)C)C1. The molecular formula is C14H29NO. The van der Waals surface area contributed by atoms with Gasteiger partial charge in [-0.2, -0.15) is 0 Å². The van der Waals surface area contributed by atoms with E-state index in [1.54, 1.807) is 0 Å². The lowest BCUT2D eigenvalue weighted by Crippen LogP contribution is -2.52. The van der Waals surface area contributed by atoms with Crippen LogP contribution >= 0.6 is 0 Å². The monoisotopic (exact) mass is 227 g/mol. The summed E-state index contributed by atoms with van der Waals surface area (Å²) in [5.41, 5.74) is -0.166. The lowest BCUT2D eigenvalue weighted by atomic mass is 9.65. The quantitative estimate of drug-likeness (QED) is 0.760. The second-order valence-corrected chi connectivity index (χ2v) is 7.68. The maximum atomic E-state index is 10.7. The molecule has 2 N–H and O–H groups in total. The molecule has 0 bridgehead atoms. The van der Waals surface area contributed by atoms with Crippen LogP contribution in [0, 0.1) is 11.3 Å². The Morgan fingerprint density at radius 3 is 2.25 bits per heavy atom. The van der Waals surface area contributed by atoms with Crippen LogP contribution in [0.25, 0.3) is 0 Å². The summed E-state index contributed by atoms with van der Waals surface area (Å²) in [6, 6.07) is 0. The van der Waals surface area contributed by atoms with E-state index in [1.807, 2.05) is 0 Å². The Balaban J connectivity index is 2.62. The van der Waals surface area contributed by atoms with Crippen molar-refractivity contribution in [3.8, 4) is 0 Å². The van der Waals surface area contributed by atoms with Crippen molar-refractivity contribution in [1.29, 1.82) is 0 Å². The predicted octanol–water partition coefficient (Wildman–Crippen LogP) is 2.95. The highest BCUT2D eigenvalue weighted by Gasteiger charge is 2.41. The van der Waals surface area contributed by atoms with Crippen LogP contribution in [0.5, 0.6) is 0 Å². The highest BCUT2D eigenvalue weighted by Crippen LogP contribution is 2.43. The fourth-order valence-corrected chi connectivity index (χ4v) is 3.26. The standard InChI is InChI=1S/C14H29NO/c1-11-7-13(5,6)9-14(16,8-11)10-15-12(2,3)4/h11,15-16H,7-10H2,1-6H3. The largest absolute Gasteiger partial charge is 0.389 e. The van der Waals surface area contributed by atoms with Crippen molar-refractivity contribution in [2.45, 2.75) is 71.9 Å². The number of nitrogens with one attached hydrogen (secondary N) is 1.